The van der Waals surface area contributed by atoms with E-state index in [-0.39, 0.29) is 35.9 Å². The molecule has 1 amide bonds. The second-order valence-electron chi connectivity index (χ2n) is 4.13. The molecule has 0 aromatic heterocycles. The quantitative estimate of drug-likeness (QED) is 0.556. The Morgan fingerprint density at radius 3 is 2.79 bits per heavy atom. The summed E-state index contributed by atoms with van der Waals surface area (Å²) in [6, 6.07) is 0. The average Bonchev–Trinajstić information content (AvgIpc) is 2.61. The van der Waals surface area contributed by atoms with Gasteiger partial charge in [0.1, 0.15) is 11.3 Å². The highest BCUT2D eigenvalue weighted by molar-refractivity contribution is 8.16. The highest BCUT2D eigenvalue weighted by Gasteiger charge is 2.54. The van der Waals surface area contributed by atoms with E-state index in [9.17, 15) is 14.7 Å². The maximum Gasteiger partial charge on any atom is 0.343 e. The highest BCUT2D eigenvalue weighted by Crippen LogP contribution is 2.45. The van der Waals surface area contributed by atoms with Gasteiger partial charge in [-0.25, -0.2) is 4.79 Å². The molecular formula is C11H13N3O4S. The van der Waals surface area contributed by atoms with Crippen LogP contribution in [0.15, 0.2) is 11.3 Å². The summed E-state index contributed by atoms with van der Waals surface area (Å²) in [5.41, 5.74) is -0.307. The molecule has 0 aromatic rings. The van der Waals surface area contributed by atoms with Gasteiger partial charge in [0, 0.05) is 5.71 Å². The van der Waals surface area contributed by atoms with Gasteiger partial charge in [0.25, 0.3) is 0 Å². The maximum atomic E-state index is 11.9. The van der Waals surface area contributed by atoms with E-state index in [4.69, 9.17) is 15.6 Å². The Balaban J connectivity index is 2.49. The Morgan fingerprint density at radius 2 is 2.26 bits per heavy atom. The lowest BCUT2D eigenvalue weighted by Crippen LogP contribution is -2.43. The molecule has 0 saturated carbocycles. The van der Waals surface area contributed by atoms with E-state index in [1.54, 1.807) is 6.92 Å². The van der Waals surface area contributed by atoms with Gasteiger partial charge >= 0.3 is 5.97 Å². The summed E-state index contributed by atoms with van der Waals surface area (Å²) in [7, 11) is 0. The maximum absolute atomic E-state index is 11.9. The van der Waals surface area contributed by atoms with Crippen molar-refractivity contribution in [3.63, 3.8) is 0 Å². The minimum absolute atomic E-state index is 0.0478. The fraction of sp³-hybridized carbons (Fsp3) is 0.455. The Labute approximate surface area is 113 Å². The van der Waals surface area contributed by atoms with Gasteiger partial charge in [-0.05, 0) is 19.8 Å². The van der Waals surface area contributed by atoms with E-state index >= 15 is 0 Å². The van der Waals surface area contributed by atoms with Crippen LogP contribution in [0.1, 0.15) is 19.8 Å². The van der Waals surface area contributed by atoms with Crippen molar-refractivity contribution in [2.75, 3.05) is 6.61 Å². The lowest BCUT2D eigenvalue weighted by molar-refractivity contribution is -0.138. The van der Waals surface area contributed by atoms with Crippen LogP contribution in [0.4, 0.5) is 0 Å². The van der Waals surface area contributed by atoms with Crippen molar-refractivity contribution in [3.8, 4) is 0 Å². The molecular weight excluding hydrogens is 270 g/mol. The molecule has 0 radical (unpaired) electrons. The second kappa shape index (κ2) is 4.69. The van der Waals surface area contributed by atoms with Gasteiger partial charge in [-0.2, -0.15) is 0 Å². The van der Waals surface area contributed by atoms with E-state index in [1.165, 1.54) is 0 Å². The zero-order valence-electron chi connectivity index (χ0n) is 10.2. The number of nitrogens with one attached hydrogen (secondary N) is 3. The standard InChI is InChI=1S/C11H13N3O4S/c1-2-18-8(16)6-5(12)3-4-11(7(6)15)9(17)14-10(13)19-11/h12,15H,2-4H2,1H3,(H2,13,14,17). The number of rotatable bonds is 2. The summed E-state index contributed by atoms with van der Waals surface area (Å²) in [5.74, 6) is -1.82. The van der Waals surface area contributed by atoms with Crippen LogP contribution in [0.3, 0.4) is 0 Å². The lowest BCUT2D eigenvalue weighted by atomic mass is 9.85. The van der Waals surface area contributed by atoms with Gasteiger partial charge in [0.05, 0.1) is 6.61 Å². The van der Waals surface area contributed by atoms with Crippen LogP contribution in [0.25, 0.3) is 0 Å². The topological polar surface area (TPSA) is 123 Å². The highest BCUT2D eigenvalue weighted by atomic mass is 32.2. The Kier molecular flexibility index (Phi) is 3.36. The van der Waals surface area contributed by atoms with Crippen LogP contribution in [0, 0.1) is 10.8 Å². The first-order valence-corrected chi connectivity index (χ1v) is 6.51. The van der Waals surface area contributed by atoms with E-state index < -0.39 is 22.4 Å². The summed E-state index contributed by atoms with van der Waals surface area (Å²) in [5, 5.41) is 27.7. The lowest BCUT2D eigenvalue weighted by Gasteiger charge is -2.30. The van der Waals surface area contributed by atoms with Crippen molar-refractivity contribution in [3.05, 3.63) is 11.3 Å². The van der Waals surface area contributed by atoms with Crippen LogP contribution in [-0.4, -0.2) is 39.2 Å². The number of carbonyl (C=O) groups excluding carboxylic acids is 2. The molecule has 1 aliphatic carbocycles. The second-order valence-corrected chi connectivity index (χ2v) is 5.44. The molecule has 8 heteroatoms. The summed E-state index contributed by atoms with van der Waals surface area (Å²) >= 11 is 0.857. The van der Waals surface area contributed by atoms with E-state index in [1.807, 2.05) is 0 Å². The van der Waals surface area contributed by atoms with Crippen molar-refractivity contribution < 1.29 is 19.4 Å². The summed E-state index contributed by atoms with van der Waals surface area (Å²) in [4.78, 5) is 23.7. The van der Waals surface area contributed by atoms with Gasteiger partial charge < -0.3 is 20.6 Å². The largest absolute Gasteiger partial charge is 0.509 e. The number of thioether (sulfide) groups is 1. The SMILES string of the molecule is CCOC(=O)C1=C(O)C2(CCC1=N)SC(=N)NC2=O. The van der Waals surface area contributed by atoms with Crippen LogP contribution in [-0.2, 0) is 14.3 Å². The molecule has 4 N–H and O–H groups in total. The molecule has 19 heavy (non-hydrogen) atoms. The predicted octanol–water partition coefficient (Wildman–Crippen LogP) is 0.712. The molecule has 2 aliphatic rings. The smallest absolute Gasteiger partial charge is 0.343 e. The number of aliphatic hydroxyl groups excluding tert-OH is 1. The Morgan fingerprint density at radius 1 is 1.58 bits per heavy atom. The predicted molar refractivity (Wildman–Crippen MR) is 69.4 cm³/mol. The minimum atomic E-state index is -1.37. The third-order valence-corrected chi connectivity index (χ3v) is 4.24. The van der Waals surface area contributed by atoms with Gasteiger partial charge in [-0.1, -0.05) is 11.8 Å². The number of hydrogen-bond donors (Lipinski definition) is 4. The zero-order valence-corrected chi connectivity index (χ0v) is 11.0. The molecule has 102 valence electrons. The third kappa shape index (κ3) is 2.01. The normalized spacial score (nSPS) is 26.9. The molecule has 0 bridgehead atoms. The van der Waals surface area contributed by atoms with Crippen molar-refractivity contribution in [2.45, 2.75) is 24.5 Å². The molecule has 1 unspecified atom stereocenters. The summed E-state index contributed by atoms with van der Waals surface area (Å²) in [6.07, 6.45) is 0.353. The number of ether oxygens (including phenoxy) is 1. The van der Waals surface area contributed by atoms with Crippen molar-refractivity contribution in [1.82, 2.24) is 5.32 Å². The van der Waals surface area contributed by atoms with Gasteiger partial charge in [0.15, 0.2) is 9.91 Å². The summed E-state index contributed by atoms with van der Waals surface area (Å²) < 4.78 is 3.42. The first-order valence-electron chi connectivity index (χ1n) is 5.70. The van der Waals surface area contributed by atoms with Crippen LogP contribution >= 0.6 is 11.8 Å². The number of carbonyl (C=O) groups is 2. The van der Waals surface area contributed by atoms with Crippen molar-refractivity contribution in [1.29, 1.82) is 10.8 Å². The van der Waals surface area contributed by atoms with Crippen LogP contribution in [0.2, 0.25) is 0 Å². The third-order valence-electron chi connectivity index (χ3n) is 3.00. The fourth-order valence-electron chi connectivity index (χ4n) is 2.08. The zero-order chi connectivity index (χ0) is 14.2. The van der Waals surface area contributed by atoms with Crippen LogP contribution < -0.4 is 5.32 Å². The molecule has 2 rings (SSSR count). The van der Waals surface area contributed by atoms with Crippen molar-refractivity contribution >= 4 is 34.5 Å². The molecule has 1 atom stereocenters. The number of hydrogen-bond acceptors (Lipinski definition) is 7. The number of amidine groups is 1. The first-order chi connectivity index (χ1) is 8.92. The van der Waals surface area contributed by atoms with Gasteiger partial charge in [-0.3, -0.25) is 10.2 Å². The molecule has 1 aliphatic heterocycles. The van der Waals surface area contributed by atoms with Crippen LogP contribution in [0.5, 0.6) is 0 Å². The molecule has 1 fully saturated rings. The fourth-order valence-corrected chi connectivity index (χ4v) is 3.12. The molecule has 1 heterocycles. The van der Waals surface area contributed by atoms with Gasteiger partial charge in [-0.15, -0.1) is 0 Å². The molecule has 0 aromatic carbocycles. The number of amides is 1. The Hall–Kier alpha value is -1.83. The van der Waals surface area contributed by atoms with Gasteiger partial charge in [0.2, 0.25) is 5.91 Å². The Bertz CT molecular complexity index is 528. The van der Waals surface area contributed by atoms with E-state index in [0.29, 0.717) is 0 Å². The number of esters is 1. The van der Waals surface area contributed by atoms with E-state index in [0.717, 1.165) is 11.8 Å². The summed E-state index contributed by atoms with van der Waals surface area (Å²) in [6.45, 7) is 1.73. The molecule has 1 saturated heterocycles. The van der Waals surface area contributed by atoms with Crippen molar-refractivity contribution in [2.24, 2.45) is 0 Å². The monoisotopic (exact) mass is 283 g/mol. The molecule has 1 spiro atoms. The van der Waals surface area contributed by atoms with E-state index in [2.05, 4.69) is 5.32 Å². The first kappa shape index (κ1) is 13.6. The average molecular weight is 283 g/mol. The number of aliphatic hydroxyl groups is 1. The minimum Gasteiger partial charge on any atom is -0.509 e. The molecule has 7 nitrogen and oxygen atoms in total.